The van der Waals surface area contributed by atoms with Crippen LogP contribution in [0.25, 0.3) is 16.5 Å². The number of para-hydroxylation sites is 1. The summed E-state index contributed by atoms with van der Waals surface area (Å²) in [5, 5.41) is 4.11. The number of nitrogens with zero attached hydrogens (tertiary/aromatic N) is 1. The molecule has 5 heteroatoms. The van der Waals surface area contributed by atoms with Gasteiger partial charge >= 0.3 is 0 Å². The normalized spacial score (nSPS) is 17.0. The number of aromatic nitrogens is 2. The van der Waals surface area contributed by atoms with Crippen molar-refractivity contribution in [3.05, 3.63) is 76.3 Å². The van der Waals surface area contributed by atoms with Crippen molar-refractivity contribution in [3.63, 3.8) is 0 Å². The fourth-order valence-electron chi connectivity index (χ4n) is 3.73. The molecule has 4 rings (SSSR count). The number of aryl methyl sites for hydroxylation is 1. The van der Waals surface area contributed by atoms with E-state index in [0.717, 1.165) is 32.2 Å². The summed E-state index contributed by atoms with van der Waals surface area (Å²) in [4.78, 5) is 19.7. The monoisotopic (exact) mass is 360 g/mol. The smallest absolute Gasteiger partial charge is 0.258 e. The molecule has 5 nitrogen and oxygen atoms in total. The van der Waals surface area contributed by atoms with Crippen LogP contribution in [0.1, 0.15) is 30.7 Å². The predicted octanol–water partition coefficient (Wildman–Crippen LogP) is 3.27. The molecule has 0 saturated heterocycles. The quantitative estimate of drug-likeness (QED) is 0.610. The first-order valence-electron chi connectivity index (χ1n) is 9.46. The molecule has 1 aromatic heterocycles. The van der Waals surface area contributed by atoms with Gasteiger partial charge in [-0.1, -0.05) is 42.5 Å². The van der Waals surface area contributed by atoms with E-state index in [1.807, 2.05) is 6.07 Å². The molecule has 2 heterocycles. The van der Waals surface area contributed by atoms with Gasteiger partial charge in [0.25, 0.3) is 5.56 Å². The second-order valence-electron chi connectivity index (χ2n) is 7.05. The van der Waals surface area contributed by atoms with Crippen LogP contribution >= 0.6 is 0 Å². The van der Waals surface area contributed by atoms with Crippen molar-refractivity contribution in [3.8, 4) is 0 Å². The van der Waals surface area contributed by atoms with Crippen molar-refractivity contribution in [2.75, 3.05) is 12.3 Å². The molecule has 27 heavy (non-hydrogen) atoms. The molecular formula is C22H24N4O. The van der Waals surface area contributed by atoms with Crippen molar-refractivity contribution in [1.82, 2.24) is 15.3 Å². The van der Waals surface area contributed by atoms with Gasteiger partial charge in [0.15, 0.2) is 0 Å². The van der Waals surface area contributed by atoms with Crippen LogP contribution in [0.4, 0.5) is 5.69 Å². The Kier molecular flexibility index (Phi) is 5.03. The third-order valence-electron chi connectivity index (χ3n) is 5.15. The molecule has 1 aliphatic heterocycles. The third kappa shape index (κ3) is 3.93. The highest BCUT2D eigenvalue weighted by Gasteiger charge is 2.16. The number of hydrogen-bond donors (Lipinski definition) is 3. The summed E-state index contributed by atoms with van der Waals surface area (Å²) in [5.74, 6) is 0.708. The van der Waals surface area contributed by atoms with E-state index in [1.54, 1.807) is 18.2 Å². The summed E-state index contributed by atoms with van der Waals surface area (Å²) in [6.07, 6.45) is 6.04. The Balaban J connectivity index is 1.39. The maximum absolute atomic E-state index is 12.2. The zero-order chi connectivity index (χ0) is 18.6. The average Bonchev–Trinajstić information content (AvgIpc) is 2.70. The van der Waals surface area contributed by atoms with Gasteiger partial charge < -0.3 is 16.0 Å². The molecular weight excluding hydrogens is 336 g/mol. The molecule has 1 unspecified atom stereocenters. The van der Waals surface area contributed by atoms with Crippen molar-refractivity contribution >= 4 is 22.2 Å². The fourth-order valence-corrected chi connectivity index (χ4v) is 3.73. The maximum atomic E-state index is 12.2. The Morgan fingerprint density at radius 3 is 2.81 bits per heavy atom. The van der Waals surface area contributed by atoms with Crippen LogP contribution in [0.3, 0.4) is 0 Å². The van der Waals surface area contributed by atoms with Gasteiger partial charge in [0.2, 0.25) is 0 Å². The SMILES string of the molecule is Nc1cccc2c(=O)[nH]c(CCCC3CC(c4ccccc4)=CCN3)nc12. The Hall–Kier alpha value is -2.92. The number of rotatable bonds is 5. The Morgan fingerprint density at radius 1 is 1.11 bits per heavy atom. The first kappa shape index (κ1) is 17.5. The third-order valence-corrected chi connectivity index (χ3v) is 5.15. The minimum Gasteiger partial charge on any atom is -0.397 e. The zero-order valence-electron chi connectivity index (χ0n) is 15.2. The van der Waals surface area contributed by atoms with Gasteiger partial charge in [0, 0.05) is 19.0 Å². The van der Waals surface area contributed by atoms with Gasteiger partial charge in [-0.2, -0.15) is 0 Å². The van der Waals surface area contributed by atoms with E-state index in [0.29, 0.717) is 28.5 Å². The number of hydrogen-bond acceptors (Lipinski definition) is 4. The lowest BCUT2D eigenvalue weighted by molar-refractivity contribution is 0.483. The van der Waals surface area contributed by atoms with E-state index in [9.17, 15) is 4.79 Å². The van der Waals surface area contributed by atoms with E-state index in [-0.39, 0.29) is 5.56 Å². The zero-order valence-corrected chi connectivity index (χ0v) is 15.2. The van der Waals surface area contributed by atoms with Gasteiger partial charge in [-0.25, -0.2) is 4.98 Å². The molecule has 0 amide bonds. The van der Waals surface area contributed by atoms with Crippen molar-refractivity contribution < 1.29 is 0 Å². The fraction of sp³-hybridized carbons (Fsp3) is 0.273. The predicted molar refractivity (Wildman–Crippen MR) is 111 cm³/mol. The molecule has 0 bridgehead atoms. The molecule has 0 aliphatic carbocycles. The Morgan fingerprint density at radius 2 is 1.96 bits per heavy atom. The highest BCUT2D eigenvalue weighted by atomic mass is 16.1. The van der Waals surface area contributed by atoms with Crippen LogP contribution in [0.2, 0.25) is 0 Å². The largest absolute Gasteiger partial charge is 0.397 e. The second-order valence-corrected chi connectivity index (χ2v) is 7.05. The number of nitrogens with two attached hydrogens (primary N) is 1. The average molecular weight is 360 g/mol. The van der Waals surface area contributed by atoms with Crippen LogP contribution in [-0.4, -0.2) is 22.6 Å². The molecule has 0 radical (unpaired) electrons. The van der Waals surface area contributed by atoms with Gasteiger partial charge in [0.1, 0.15) is 11.3 Å². The van der Waals surface area contributed by atoms with E-state index < -0.39 is 0 Å². The number of fused-ring (bicyclic) bond motifs is 1. The molecule has 3 aromatic rings. The Labute approximate surface area is 158 Å². The number of benzene rings is 2. The van der Waals surface area contributed by atoms with Crippen molar-refractivity contribution in [1.29, 1.82) is 0 Å². The van der Waals surface area contributed by atoms with Crippen LogP contribution in [0, 0.1) is 0 Å². The second kappa shape index (κ2) is 7.76. The summed E-state index contributed by atoms with van der Waals surface area (Å²) < 4.78 is 0. The van der Waals surface area contributed by atoms with E-state index in [1.165, 1.54) is 11.1 Å². The first-order chi connectivity index (χ1) is 13.2. The lowest BCUT2D eigenvalue weighted by Gasteiger charge is -2.24. The van der Waals surface area contributed by atoms with Crippen LogP contribution in [-0.2, 0) is 6.42 Å². The number of H-pyrrole nitrogens is 1. The molecule has 138 valence electrons. The Bertz CT molecular complexity index is 1020. The summed E-state index contributed by atoms with van der Waals surface area (Å²) in [6, 6.07) is 16.3. The van der Waals surface area contributed by atoms with Gasteiger partial charge in [0.05, 0.1) is 11.1 Å². The maximum Gasteiger partial charge on any atom is 0.258 e. The highest BCUT2D eigenvalue weighted by Crippen LogP contribution is 2.24. The summed E-state index contributed by atoms with van der Waals surface area (Å²) in [7, 11) is 0. The molecule has 0 spiro atoms. The minimum atomic E-state index is -0.118. The van der Waals surface area contributed by atoms with E-state index in [4.69, 9.17) is 5.73 Å². The van der Waals surface area contributed by atoms with Crippen molar-refractivity contribution in [2.24, 2.45) is 0 Å². The van der Waals surface area contributed by atoms with Gasteiger partial charge in [-0.3, -0.25) is 4.79 Å². The lowest BCUT2D eigenvalue weighted by Crippen LogP contribution is -2.33. The summed E-state index contributed by atoms with van der Waals surface area (Å²) >= 11 is 0. The molecule has 0 saturated carbocycles. The first-order valence-corrected chi connectivity index (χ1v) is 9.46. The van der Waals surface area contributed by atoms with Gasteiger partial charge in [-0.15, -0.1) is 0 Å². The topological polar surface area (TPSA) is 83.8 Å². The lowest BCUT2D eigenvalue weighted by atomic mass is 9.93. The molecule has 4 N–H and O–H groups in total. The van der Waals surface area contributed by atoms with Gasteiger partial charge in [-0.05, 0) is 42.5 Å². The van der Waals surface area contributed by atoms with Crippen LogP contribution in [0.5, 0.6) is 0 Å². The van der Waals surface area contributed by atoms with Crippen molar-refractivity contribution in [2.45, 2.75) is 31.7 Å². The van der Waals surface area contributed by atoms with E-state index >= 15 is 0 Å². The molecule has 2 aromatic carbocycles. The van der Waals surface area contributed by atoms with Crippen LogP contribution < -0.4 is 16.6 Å². The summed E-state index contributed by atoms with van der Waals surface area (Å²) in [5.41, 5.74) is 9.72. The number of nitrogen functional groups attached to an aromatic ring is 1. The summed E-state index contributed by atoms with van der Waals surface area (Å²) in [6.45, 7) is 0.899. The number of nitrogens with one attached hydrogen (secondary N) is 2. The van der Waals surface area contributed by atoms with E-state index in [2.05, 4.69) is 45.6 Å². The molecule has 0 fully saturated rings. The number of aromatic amines is 1. The molecule has 1 atom stereocenters. The standard InChI is InChI=1S/C22H24N4O/c23-19-10-5-9-18-21(19)25-20(26-22(18)27)11-4-8-17-14-16(12-13-24-17)15-6-2-1-3-7-15/h1-3,5-7,9-10,12,17,24H,4,8,11,13-14,23H2,(H,25,26,27). The number of anilines is 1. The minimum absolute atomic E-state index is 0.118. The molecule has 1 aliphatic rings. The highest BCUT2D eigenvalue weighted by molar-refractivity contribution is 5.88. The van der Waals surface area contributed by atoms with Crippen LogP contribution in [0.15, 0.2) is 59.4 Å².